The largest absolute Gasteiger partial charge is 0.228 e. The van der Waals surface area contributed by atoms with E-state index >= 15 is 0 Å². The lowest BCUT2D eigenvalue weighted by molar-refractivity contribution is 0.449. The lowest BCUT2D eigenvalue weighted by Crippen LogP contribution is -2.26. The molecule has 0 spiro atoms. The van der Waals surface area contributed by atoms with Crippen molar-refractivity contribution < 1.29 is 0 Å². The lowest BCUT2D eigenvalue weighted by Gasteiger charge is -2.39. The molecule has 3 unspecified atom stereocenters. The van der Waals surface area contributed by atoms with Gasteiger partial charge in [0.2, 0.25) is 0 Å². The van der Waals surface area contributed by atoms with E-state index < -0.39 is 0 Å². The Hall–Kier alpha value is -7.42. The third-order valence-corrected chi connectivity index (χ3v) is 12.9. The van der Waals surface area contributed by atoms with Gasteiger partial charge in [0.1, 0.15) is 0 Å². The summed E-state index contributed by atoms with van der Waals surface area (Å²) in [6.45, 7) is 0. The Morgan fingerprint density at radius 3 is 1.43 bits per heavy atom. The van der Waals surface area contributed by atoms with Gasteiger partial charge in [-0.25, -0.2) is 9.97 Å². The standard InChI is InChI=1S/C59H44N2/c1-5-16-40(17-6-1)42-28-32-45(33-29-42)55-39-56(61-59(60-55)47-22-11-4-12-23-47)46-34-30-43(31-35-46)48-24-15-25-49(36-48)57-52-27-14-13-26-51(52)54-38-50(41-18-7-2-8-19-41)37-53(58(54)57)44-20-9-3-10-21-44/h1-36,39,50,53,58H,37-38H2. The van der Waals surface area contributed by atoms with E-state index in [-0.39, 0.29) is 0 Å². The molecule has 1 fully saturated rings. The topological polar surface area (TPSA) is 25.8 Å². The molecule has 0 aliphatic heterocycles. The molecule has 1 aromatic heterocycles. The van der Waals surface area contributed by atoms with Crippen molar-refractivity contribution in [2.24, 2.45) is 5.92 Å². The number of rotatable bonds is 8. The van der Waals surface area contributed by atoms with Crippen molar-refractivity contribution >= 4 is 11.1 Å². The van der Waals surface area contributed by atoms with Crippen LogP contribution >= 0.6 is 0 Å². The highest BCUT2D eigenvalue weighted by atomic mass is 14.9. The van der Waals surface area contributed by atoms with Crippen LogP contribution in [-0.2, 0) is 0 Å². The molecule has 2 aliphatic rings. The molecule has 61 heavy (non-hydrogen) atoms. The van der Waals surface area contributed by atoms with Crippen molar-refractivity contribution in [1.29, 1.82) is 0 Å². The van der Waals surface area contributed by atoms with Gasteiger partial charge in [0.05, 0.1) is 11.4 Å². The molecular weight excluding hydrogens is 737 g/mol. The molecule has 0 N–H and O–H groups in total. The van der Waals surface area contributed by atoms with E-state index in [4.69, 9.17) is 9.97 Å². The predicted molar refractivity (Wildman–Crippen MR) is 252 cm³/mol. The molecule has 2 heteroatoms. The lowest BCUT2D eigenvalue weighted by atomic mass is 9.65. The fraction of sp³-hybridized carbons (Fsp3) is 0.0847. The molecule has 290 valence electrons. The highest BCUT2D eigenvalue weighted by Crippen LogP contribution is 2.53. The first-order valence-corrected chi connectivity index (χ1v) is 21.5. The van der Waals surface area contributed by atoms with Crippen LogP contribution in [0.3, 0.4) is 0 Å². The van der Waals surface area contributed by atoms with Crippen molar-refractivity contribution in [1.82, 2.24) is 9.97 Å². The summed E-state index contributed by atoms with van der Waals surface area (Å²) in [5, 5.41) is 2.80. The van der Waals surface area contributed by atoms with Gasteiger partial charge in [-0.05, 0) is 91.8 Å². The first-order chi connectivity index (χ1) is 30.2. The van der Waals surface area contributed by atoms with Crippen LogP contribution in [0.2, 0.25) is 0 Å². The zero-order chi connectivity index (χ0) is 40.5. The average Bonchev–Trinajstić information content (AvgIpc) is 3.69. The van der Waals surface area contributed by atoms with Crippen LogP contribution in [0.1, 0.15) is 41.4 Å². The van der Waals surface area contributed by atoms with Gasteiger partial charge in [0.25, 0.3) is 0 Å². The van der Waals surface area contributed by atoms with E-state index in [1.54, 1.807) is 5.57 Å². The normalized spacial score (nSPS) is 16.8. The molecule has 8 aromatic carbocycles. The highest BCUT2D eigenvalue weighted by Gasteiger charge is 2.41. The van der Waals surface area contributed by atoms with Crippen LogP contribution in [0, 0.1) is 5.92 Å². The van der Waals surface area contributed by atoms with Crippen LogP contribution < -0.4 is 10.4 Å². The van der Waals surface area contributed by atoms with E-state index in [0.29, 0.717) is 23.6 Å². The van der Waals surface area contributed by atoms with E-state index in [9.17, 15) is 0 Å². The first-order valence-electron chi connectivity index (χ1n) is 21.5. The van der Waals surface area contributed by atoms with Crippen molar-refractivity contribution in [3.05, 3.63) is 252 Å². The van der Waals surface area contributed by atoms with Crippen molar-refractivity contribution in [2.75, 3.05) is 0 Å². The zero-order valence-corrected chi connectivity index (χ0v) is 33.9. The van der Waals surface area contributed by atoms with Crippen molar-refractivity contribution in [3.63, 3.8) is 0 Å². The summed E-state index contributed by atoms with van der Waals surface area (Å²) in [5.74, 6) is 1.89. The maximum absolute atomic E-state index is 5.13. The summed E-state index contributed by atoms with van der Waals surface area (Å²) in [6.07, 6.45) is 2.20. The molecule has 0 saturated heterocycles. The van der Waals surface area contributed by atoms with Crippen molar-refractivity contribution in [2.45, 2.75) is 24.7 Å². The average molecular weight is 781 g/mol. The van der Waals surface area contributed by atoms with Crippen LogP contribution in [0.4, 0.5) is 0 Å². The number of fused-ring (bicyclic) bond motifs is 2. The summed E-state index contributed by atoms with van der Waals surface area (Å²) in [7, 11) is 0. The van der Waals surface area contributed by atoms with E-state index in [1.807, 2.05) is 18.2 Å². The Bertz CT molecular complexity index is 3100. The predicted octanol–water partition coefficient (Wildman–Crippen LogP) is 13.2. The van der Waals surface area contributed by atoms with E-state index in [2.05, 4.69) is 206 Å². The number of benzene rings is 8. The second-order valence-corrected chi connectivity index (χ2v) is 16.5. The Morgan fingerprint density at radius 1 is 0.344 bits per heavy atom. The molecule has 2 aliphatic carbocycles. The minimum absolute atomic E-state index is 0.317. The summed E-state index contributed by atoms with van der Waals surface area (Å²) >= 11 is 0. The van der Waals surface area contributed by atoms with Gasteiger partial charge in [0, 0.05) is 22.6 Å². The molecule has 11 rings (SSSR count). The van der Waals surface area contributed by atoms with Gasteiger partial charge in [-0.2, -0.15) is 0 Å². The van der Waals surface area contributed by atoms with Crippen LogP contribution in [0.15, 0.2) is 224 Å². The monoisotopic (exact) mass is 780 g/mol. The van der Waals surface area contributed by atoms with Crippen LogP contribution in [0.25, 0.3) is 67.3 Å². The zero-order valence-electron chi connectivity index (χ0n) is 33.9. The number of hydrogen-bond donors (Lipinski definition) is 0. The van der Waals surface area contributed by atoms with Gasteiger partial charge in [-0.15, -0.1) is 0 Å². The Kier molecular flexibility index (Phi) is 9.60. The highest BCUT2D eigenvalue weighted by molar-refractivity contribution is 5.85. The van der Waals surface area contributed by atoms with Gasteiger partial charge < -0.3 is 0 Å². The molecule has 9 aromatic rings. The second-order valence-electron chi connectivity index (χ2n) is 16.5. The fourth-order valence-electron chi connectivity index (χ4n) is 9.95. The number of hydrogen-bond acceptors (Lipinski definition) is 2. The summed E-state index contributed by atoms with van der Waals surface area (Å²) in [4.78, 5) is 10.2. The molecule has 0 bridgehead atoms. The number of nitrogens with zero attached hydrogens (tertiary/aromatic N) is 2. The Morgan fingerprint density at radius 2 is 0.803 bits per heavy atom. The third-order valence-electron chi connectivity index (χ3n) is 12.9. The quantitative estimate of drug-likeness (QED) is 0.153. The molecule has 0 amide bonds. The van der Waals surface area contributed by atoms with E-state index in [1.165, 1.54) is 55.0 Å². The van der Waals surface area contributed by atoms with Gasteiger partial charge in [-0.3, -0.25) is 0 Å². The summed E-state index contributed by atoms with van der Waals surface area (Å²) in [6, 6.07) is 81.3. The van der Waals surface area contributed by atoms with Crippen LogP contribution in [-0.4, -0.2) is 9.97 Å². The number of aromatic nitrogens is 2. The molecule has 1 heterocycles. The second kappa shape index (κ2) is 16.0. The van der Waals surface area contributed by atoms with Gasteiger partial charge >= 0.3 is 0 Å². The molecular formula is C59H44N2. The maximum atomic E-state index is 5.13. The minimum Gasteiger partial charge on any atom is -0.228 e. The fourth-order valence-corrected chi connectivity index (χ4v) is 9.95. The maximum Gasteiger partial charge on any atom is 0.160 e. The molecule has 0 radical (unpaired) electrons. The SMILES string of the molecule is c1ccc(-c2ccc(-c3cc(-c4ccc(-c5cccc(C6=c7ccccc7=C7CC(c8ccccc8)CC(c8ccccc8)C76)c5)cc4)nc(-c4ccccc4)n3)cc2)cc1. The Balaban J connectivity index is 0.955. The Labute approximate surface area is 357 Å². The van der Waals surface area contributed by atoms with Crippen LogP contribution in [0.5, 0.6) is 0 Å². The minimum atomic E-state index is 0.317. The van der Waals surface area contributed by atoms with Gasteiger partial charge in [-0.1, -0.05) is 218 Å². The van der Waals surface area contributed by atoms with E-state index in [0.717, 1.165) is 40.9 Å². The molecule has 1 saturated carbocycles. The molecule has 2 nitrogen and oxygen atoms in total. The first kappa shape index (κ1) is 36.6. The van der Waals surface area contributed by atoms with Crippen molar-refractivity contribution in [3.8, 4) is 56.2 Å². The molecule has 3 atom stereocenters. The summed E-state index contributed by atoms with van der Waals surface area (Å²) in [5.41, 5.74) is 16.9. The van der Waals surface area contributed by atoms with Gasteiger partial charge in [0.15, 0.2) is 5.82 Å². The third kappa shape index (κ3) is 7.11. The smallest absolute Gasteiger partial charge is 0.160 e. The summed E-state index contributed by atoms with van der Waals surface area (Å²) < 4.78 is 0.